The second kappa shape index (κ2) is 8.36. The molecular formula is C29H20N6S. The number of benzene rings is 3. The van der Waals surface area contributed by atoms with E-state index in [-0.39, 0.29) is 0 Å². The van der Waals surface area contributed by atoms with Gasteiger partial charge in [-0.2, -0.15) is 5.26 Å². The molecule has 3 aromatic heterocycles. The summed E-state index contributed by atoms with van der Waals surface area (Å²) in [6, 6.07) is 30.9. The molecule has 6 aromatic rings. The molecule has 6 nitrogen and oxygen atoms in total. The van der Waals surface area contributed by atoms with Crippen LogP contribution in [0.3, 0.4) is 0 Å². The molecule has 1 aliphatic rings. The average molecular weight is 485 g/mol. The Morgan fingerprint density at radius 1 is 0.806 bits per heavy atom. The van der Waals surface area contributed by atoms with Crippen LogP contribution < -0.4 is 0 Å². The van der Waals surface area contributed by atoms with Gasteiger partial charge in [-0.25, -0.2) is 4.98 Å². The van der Waals surface area contributed by atoms with Crippen molar-refractivity contribution in [3.63, 3.8) is 0 Å². The molecule has 0 radical (unpaired) electrons. The van der Waals surface area contributed by atoms with Crippen LogP contribution in [0, 0.1) is 11.3 Å². The summed E-state index contributed by atoms with van der Waals surface area (Å²) in [5, 5.41) is 21.2. The fraction of sp³-hybridized carbons (Fsp3) is 0.103. The Morgan fingerprint density at radius 2 is 1.53 bits per heavy atom. The summed E-state index contributed by atoms with van der Waals surface area (Å²) in [7, 11) is 0. The van der Waals surface area contributed by atoms with E-state index >= 15 is 0 Å². The Labute approximate surface area is 211 Å². The third kappa shape index (κ3) is 3.15. The second-order valence-corrected chi connectivity index (χ2v) is 9.76. The highest BCUT2D eigenvalue weighted by Gasteiger charge is 2.28. The molecule has 0 saturated heterocycles. The molecule has 36 heavy (non-hydrogen) atoms. The molecule has 0 saturated carbocycles. The second-order valence-electron chi connectivity index (χ2n) is 8.81. The number of rotatable bonds is 4. The number of para-hydroxylation sites is 3. The van der Waals surface area contributed by atoms with Crippen molar-refractivity contribution in [2.75, 3.05) is 0 Å². The van der Waals surface area contributed by atoms with E-state index < -0.39 is 0 Å². The fourth-order valence-electron chi connectivity index (χ4n) is 5.16. The van der Waals surface area contributed by atoms with Crippen LogP contribution in [0.1, 0.15) is 23.1 Å². The van der Waals surface area contributed by atoms with E-state index in [1.54, 1.807) is 11.8 Å². The van der Waals surface area contributed by atoms with Crippen molar-refractivity contribution in [2.24, 2.45) is 0 Å². The molecule has 1 aliphatic carbocycles. The molecule has 0 N–H and O–H groups in total. The van der Waals surface area contributed by atoms with Gasteiger partial charge in [0.05, 0.1) is 21.6 Å². The van der Waals surface area contributed by atoms with Gasteiger partial charge in [-0.05, 0) is 66.4 Å². The lowest BCUT2D eigenvalue weighted by Gasteiger charge is -2.15. The van der Waals surface area contributed by atoms with Gasteiger partial charge in [-0.3, -0.25) is 8.97 Å². The Kier molecular flexibility index (Phi) is 4.86. The molecule has 0 bridgehead atoms. The molecule has 0 amide bonds. The van der Waals surface area contributed by atoms with Crippen LogP contribution in [0.25, 0.3) is 33.8 Å². The third-order valence-electron chi connectivity index (χ3n) is 6.74. The minimum Gasteiger partial charge on any atom is -0.285 e. The van der Waals surface area contributed by atoms with E-state index in [2.05, 4.69) is 55.6 Å². The number of hydrogen-bond acceptors (Lipinski definition) is 5. The van der Waals surface area contributed by atoms with Crippen LogP contribution in [0.15, 0.2) is 95.1 Å². The van der Waals surface area contributed by atoms with Gasteiger partial charge in [0.25, 0.3) is 0 Å². The minimum absolute atomic E-state index is 0.692. The predicted molar refractivity (Wildman–Crippen MR) is 140 cm³/mol. The van der Waals surface area contributed by atoms with E-state index in [1.165, 1.54) is 5.56 Å². The number of pyridine rings is 1. The normalized spacial score (nSPS) is 12.8. The zero-order chi connectivity index (χ0) is 24.1. The van der Waals surface area contributed by atoms with Gasteiger partial charge in [0.15, 0.2) is 11.5 Å². The van der Waals surface area contributed by atoms with Gasteiger partial charge < -0.3 is 0 Å². The van der Waals surface area contributed by atoms with E-state index in [4.69, 9.17) is 4.98 Å². The van der Waals surface area contributed by atoms with Crippen LogP contribution >= 0.6 is 11.8 Å². The van der Waals surface area contributed by atoms with Crippen molar-refractivity contribution >= 4 is 28.4 Å². The van der Waals surface area contributed by atoms with Gasteiger partial charge >= 0.3 is 0 Å². The van der Waals surface area contributed by atoms with Gasteiger partial charge in [0.1, 0.15) is 6.07 Å². The molecular weight excluding hydrogens is 464 g/mol. The van der Waals surface area contributed by atoms with Crippen LogP contribution in [-0.4, -0.2) is 24.1 Å². The number of nitrogens with zero attached hydrogens (tertiary/aromatic N) is 6. The summed E-state index contributed by atoms with van der Waals surface area (Å²) in [4.78, 5) is 4.88. The molecule has 3 heterocycles. The zero-order valence-electron chi connectivity index (χ0n) is 19.3. The quantitative estimate of drug-likeness (QED) is 0.296. The van der Waals surface area contributed by atoms with Crippen molar-refractivity contribution < 1.29 is 0 Å². The molecule has 172 valence electrons. The summed E-state index contributed by atoms with van der Waals surface area (Å²) >= 11 is 1.60. The Balaban J connectivity index is 1.51. The van der Waals surface area contributed by atoms with Crippen molar-refractivity contribution in [2.45, 2.75) is 29.4 Å². The van der Waals surface area contributed by atoms with Gasteiger partial charge in [0.2, 0.25) is 5.16 Å². The lowest BCUT2D eigenvalue weighted by molar-refractivity contribution is 0.869. The summed E-state index contributed by atoms with van der Waals surface area (Å²) in [5.41, 5.74) is 7.63. The standard InChI is InChI=1S/C29H20N6S/c30-18-23-21-14-9-15-22(21)28(35-25-17-8-7-16-24(25)31-27(23)35)36-29-33-32-26(19-10-3-1-4-11-19)34(29)20-12-5-2-6-13-20/h1-8,10-13,16-17H,9,14-15H2. The smallest absolute Gasteiger partial charge is 0.202 e. The van der Waals surface area contributed by atoms with Gasteiger partial charge in [-0.15, -0.1) is 10.2 Å². The van der Waals surface area contributed by atoms with Crippen molar-refractivity contribution in [3.8, 4) is 23.1 Å². The largest absolute Gasteiger partial charge is 0.285 e. The Bertz CT molecular complexity index is 1800. The molecule has 0 unspecified atom stereocenters. The molecule has 3 aromatic carbocycles. The number of aromatic nitrogens is 5. The first-order valence-corrected chi connectivity index (χ1v) is 12.7. The molecule has 7 heteroatoms. The van der Waals surface area contributed by atoms with E-state index in [1.807, 2.05) is 54.6 Å². The van der Waals surface area contributed by atoms with Crippen molar-refractivity contribution in [1.82, 2.24) is 24.1 Å². The first-order chi connectivity index (χ1) is 17.8. The lowest BCUT2D eigenvalue weighted by atomic mass is 10.1. The van der Waals surface area contributed by atoms with Gasteiger partial charge in [-0.1, -0.05) is 60.7 Å². The predicted octanol–water partition coefficient (Wildman–Crippen LogP) is 6.25. The first kappa shape index (κ1) is 20.9. The van der Waals surface area contributed by atoms with E-state index in [9.17, 15) is 5.26 Å². The van der Waals surface area contributed by atoms with E-state index in [0.29, 0.717) is 5.56 Å². The topological polar surface area (TPSA) is 71.8 Å². The van der Waals surface area contributed by atoms with Crippen LogP contribution in [0.2, 0.25) is 0 Å². The highest BCUT2D eigenvalue weighted by molar-refractivity contribution is 7.99. The lowest BCUT2D eigenvalue weighted by Crippen LogP contribution is -2.04. The summed E-state index contributed by atoms with van der Waals surface area (Å²) in [5.74, 6) is 0.793. The van der Waals surface area contributed by atoms with Crippen LogP contribution in [-0.2, 0) is 12.8 Å². The number of hydrogen-bond donors (Lipinski definition) is 0. The summed E-state index contributed by atoms with van der Waals surface area (Å²) in [6.07, 6.45) is 2.86. The first-order valence-electron chi connectivity index (χ1n) is 11.9. The summed E-state index contributed by atoms with van der Waals surface area (Å²) < 4.78 is 4.26. The fourth-order valence-corrected chi connectivity index (χ4v) is 6.32. The number of fused-ring (bicyclic) bond motifs is 4. The number of imidazole rings is 1. The maximum atomic E-state index is 10.1. The van der Waals surface area contributed by atoms with Crippen molar-refractivity contribution in [3.05, 3.63) is 102 Å². The molecule has 7 rings (SSSR count). The summed E-state index contributed by atoms with van der Waals surface area (Å²) in [6.45, 7) is 0. The van der Waals surface area contributed by atoms with Crippen LogP contribution in [0.5, 0.6) is 0 Å². The Hall–Kier alpha value is -4.41. The molecule has 0 spiro atoms. The maximum absolute atomic E-state index is 10.1. The SMILES string of the molecule is N#Cc1c2c(c(Sc3nnc(-c4ccccc4)n3-c3ccccc3)n3c1nc1ccccc13)CCC2. The zero-order valence-corrected chi connectivity index (χ0v) is 20.1. The highest BCUT2D eigenvalue weighted by Crippen LogP contribution is 2.41. The minimum atomic E-state index is 0.692. The average Bonchev–Trinajstić information content (AvgIpc) is 3.67. The molecule has 0 aliphatic heterocycles. The molecule has 0 atom stereocenters. The Morgan fingerprint density at radius 3 is 2.33 bits per heavy atom. The molecule has 0 fully saturated rings. The monoisotopic (exact) mass is 484 g/mol. The van der Waals surface area contributed by atoms with Gasteiger partial charge in [0, 0.05) is 11.3 Å². The highest BCUT2D eigenvalue weighted by atomic mass is 32.2. The number of nitriles is 1. The van der Waals surface area contributed by atoms with Crippen molar-refractivity contribution in [1.29, 1.82) is 5.26 Å². The van der Waals surface area contributed by atoms with E-state index in [0.717, 1.165) is 68.8 Å². The van der Waals surface area contributed by atoms with Crippen LogP contribution in [0.4, 0.5) is 0 Å². The third-order valence-corrected chi connectivity index (χ3v) is 7.81. The maximum Gasteiger partial charge on any atom is 0.202 e.